The van der Waals surface area contributed by atoms with Crippen LogP contribution in [0.1, 0.15) is 247 Å². The molecule has 8 N–H and O–H groups in total. The van der Waals surface area contributed by atoms with E-state index < -0.39 is 178 Å². The number of esters is 3. The second-order valence-corrected chi connectivity index (χ2v) is 28.9. The molecule has 1 aromatic carbocycles. The molecule has 1 aliphatic carbocycles. The highest BCUT2D eigenvalue weighted by Gasteiger charge is 2.58. The Hall–Kier alpha value is -3.35. The van der Waals surface area contributed by atoms with Crippen molar-refractivity contribution in [1.29, 1.82) is 0 Å². The third-order valence-electron chi connectivity index (χ3n) is 20.7. The lowest BCUT2D eigenvalue weighted by Gasteiger charge is -2.51. The molecule has 5 saturated heterocycles. The SMILES string of the molecule is CCCCCCCCCCCC(=O)O[C@H]1[C@H](O[C@H]2[C@@H](O)[C@H]3OCCCCCCCCCCC(CCCCC)O[C@@H]4O[C@H](C)[C@H](O)[C@H](O)[C@H]4O[C@H]3C[C@@H]2C)O[C@@H](C)[C@H](O[C@@H]2O[C@@H](C)[C@H](OC(=O)CCCCCCC)[C@@H](OC(=O)/C=C/c3ccccc3)[C@H]2O)[C@H]1O[C@@H]1O[C@H](CO)[C@@H](O)[C@H](O)[C@H]1O. The van der Waals surface area contributed by atoms with Crippen LogP contribution in [-0.4, -0.2) is 225 Å². The molecule has 24 nitrogen and oxygen atoms in total. The van der Waals surface area contributed by atoms with Gasteiger partial charge in [0.1, 0.15) is 73.2 Å². The van der Waals surface area contributed by atoms with Crippen molar-refractivity contribution < 1.29 is 117 Å². The number of aliphatic hydroxyl groups excluding tert-OH is 8. The highest BCUT2D eigenvalue weighted by atomic mass is 16.8. The van der Waals surface area contributed by atoms with Crippen molar-refractivity contribution >= 4 is 24.0 Å². The first-order chi connectivity index (χ1) is 48.3. The van der Waals surface area contributed by atoms with E-state index in [9.17, 15) is 55.2 Å². The summed E-state index contributed by atoms with van der Waals surface area (Å²) in [5.41, 5.74) is 0.679. The Kier molecular flexibility index (Phi) is 37.4. The van der Waals surface area contributed by atoms with E-state index in [-0.39, 0.29) is 32.0 Å². The van der Waals surface area contributed by atoms with Crippen LogP contribution >= 0.6 is 0 Å². The minimum atomic E-state index is -2.00. The maximum Gasteiger partial charge on any atom is 0.331 e. The largest absolute Gasteiger partial charge is 0.455 e. The van der Waals surface area contributed by atoms with E-state index in [4.69, 9.17) is 61.6 Å². The fraction of sp³-hybridized carbons (Fsp3) is 0.855. The molecule has 574 valence electrons. The maximum atomic E-state index is 14.6. The van der Waals surface area contributed by atoms with Crippen molar-refractivity contribution in [2.75, 3.05) is 13.2 Å². The van der Waals surface area contributed by atoms with E-state index >= 15 is 0 Å². The van der Waals surface area contributed by atoms with Crippen molar-refractivity contribution in [3.63, 3.8) is 0 Å². The van der Waals surface area contributed by atoms with Gasteiger partial charge in [-0.2, -0.15) is 0 Å². The van der Waals surface area contributed by atoms with Crippen LogP contribution in [0, 0.1) is 5.92 Å². The number of hydrogen-bond acceptors (Lipinski definition) is 24. The molecule has 6 fully saturated rings. The van der Waals surface area contributed by atoms with Gasteiger partial charge in [0.25, 0.3) is 0 Å². The summed E-state index contributed by atoms with van der Waals surface area (Å²) >= 11 is 0. The molecule has 5 aliphatic heterocycles. The van der Waals surface area contributed by atoms with Crippen molar-refractivity contribution in [3.05, 3.63) is 42.0 Å². The number of benzene rings is 1. The summed E-state index contributed by atoms with van der Waals surface area (Å²) in [6.07, 6.45) is -7.52. The predicted octanol–water partition coefficient (Wildman–Crippen LogP) is 9.02. The Bertz CT molecular complexity index is 2460. The summed E-state index contributed by atoms with van der Waals surface area (Å²) in [7, 11) is 0. The normalized spacial score (nSPS) is 37.5. The van der Waals surface area contributed by atoms with Crippen LogP contribution in [0.5, 0.6) is 0 Å². The first-order valence-corrected chi connectivity index (χ1v) is 38.5. The van der Waals surface area contributed by atoms with Crippen molar-refractivity contribution in [2.24, 2.45) is 5.92 Å². The molecule has 1 aromatic rings. The first kappa shape index (κ1) is 83.9. The molecule has 24 heteroatoms. The smallest absolute Gasteiger partial charge is 0.331 e. The number of ether oxygens (including phenoxy) is 13. The summed E-state index contributed by atoms with van der Waals surface area (Å²) in [5, 5.41) is 93.2. The third kappa shape index (κ3) is 25.4. The number of fused-ring (bicyclic) bond motifs is 2. The molecular formula is C76H126O24. The first-order valence-electron chi connectivity index (χ1n) is 38.5. The van der Waals surface area contributed by atoms with Crippen LogP contribution in [0.3, 0.4) is 0 Å². The van der Waals surface area contributed by atoms with Gasteiger partial charge in [0.15, 0.2) is 43.5 Å². The third-order valence-corrected chi connectivity index (χ3v) is 20.7. The minimum absolute atomic E-state index is 0.0482. The van der Waals surface area contributed by atoms with E-state index in [0.717, 1.165) is 141 Å². The number of carbonyl (C=O) groups excluding carboxylic acids is 3. The molecule has 0 bridgehead atoms. The minimum Gasteiger partial charge on any atom is -0.455 e. The van der Waals surface area contributed by atoms with Gasteiger partial charge in [-0.1, -0.05) is 199 Å². The zero-order chi connectivity index (χ0) is 72.1. The Labute approximate surface area is 594 Å². The zero-order valence-electron chi connectivity index (χ0n) is 60.8. The van der Waals surface area contributed by atoms with Crippen LogP contribution < -0.4 is 0 Å². The van der Waals surface area contributed by atoms with Gasteiger partial charge in [-0.15, -0.1) is 0 Å². The Morgan fingerprint density at radius 2 is 1.02 bits per heavy atom. The lowest BCUT2D eigenvalue weighted by atomic mass is 9.81. The molecule has 1 unspecified atom stereocenters. The van der Waals surface area contributed by atoms with Crippen molar-refractivity contribution in [1.82, 2.24) is 0 Å². The van der Waals surface area contributed by atoms with Gasteiger partial charge in [0.2, 0.25) is 0 Å². The van der Waals surface area contributed by atoms with E-state index in [1.54, 1.807) is 45.0 Å². The standard InChI is InChI=1S/C76H126O24/c1-8-11-14-16-17-18-22-26-34-41-56(79)97-72-71(100-73-62(85)60(83)59(82)54(46-77)94-73)67(99-74-64(87)69(96-57(80)43-42-51-36-30-28-31-37-51)66(49(6)90-74)95-55(78)40-33-24-15-12-9-2)50(7)91-76(72)98-65-47(4)45-53-68(63(65)86)88-44-35-27-23-20-19-21-25-32-39-52(38-29-13-10-3)92-75-70(93-53)61(84)58(81)48(5)89-75/h28,30-31,36-37,42-43,47-50,52-54,58-77,81-87H,8-27,29,32-35,38-41,44-46H2,1-7H3/b43-42+/t47-,48+,49-,50-,52?,53-,54+,58-,59+,60-,61-,62+,63+,64+,65+,66-,67-,68-,69-,70+,71+,72+,73-,74-,75-,76-/m0/s1. The summed E-state index contributed by atoms with van der Waals surface area (Å²) < 4.78 is 84.9. The van der Waals surface area contributed by atoms with Crippen LogP contribution in [0.2, 0.25) is 0 Å². The second kappa shape index (κ2) is 44.6. The van der Waals surface area contributed by atoms with Crippen LogP contribution in [0.15, 0.2) is 36.4 Å². The highest BCUT2D eigenvalue weighted by Crippen LogP contribution is 2.41. The molecular weight excluding hydrogens is 1300 g/mol. The van der Waals surface area contributed by atoms with Crippen molar-refractivity contribution in [3.8, 4) is 0 Å². The number of hydrogen-bond donors (Lipinski definition) is 8. The van der Waals surface area contributed by atoms with Gasteiger partial charge in [-0.3, -0.25) is 9.59 Å². The molecule has 26 atom stereocenters. The Morgan fingerprint density at radius 1 is 0.470 bits per heavy atom. The number of rotatable bonds is 32. The van der Waals surface area contributed by atoms with E-state index in [2.05, 4.69) is 20.8 Å². The molecule has 5 heterocycles. The summed E-state index contributed by atoms with van der Waals surface area (Å²) in [6, 6.07) is 8.97. The average molecular weight is 1420 g/mol. The van der Waals surface area contributed by atoms with Crippen LogP contribution in [0.4, 0.5) is 0 Å². The summed E-state index contributed by atoms with van der Waals surface area (Å²) in [4.78, 5) is 42.0. The average Bonchev–Trinajstić information content (AvgIpc) is 0.758. The molecule has 0 radical (unpaired) electrons. The van der Waals surface area contributed by atoms with E-state index in [1.165, 1.54) is 18.6 Å². The lowest BCUT2D eigenvalue weighted by molar-refractivity contribution is -0.390. The quantitative estimate of drug-likeness (QED) is 0.0144. The fourth-order valence-electron chi connectivity index (χ4n) is 14.6. The summed E-state index contributed by atoms with van der Waals surface area (Å²) in [5.74, 6) is -2.84. The maximum absolute atomic E-state index is 14.6. The molecule has 0 spiro atoms. The molecule has 1 saturated carbocycles. The van der Waals surface area contributed by atoms with Crippen LogP contribution in [0.25, 0.3) is 6.08 Å². The Morgan fingerprint density at radius 3 is 1.66 bits per heavy atom. The highest BCUT2D eigenvalue weighted by molar-refractivity contribution is 5.87. The van der Waals surface area contributed by atoms with Crippen molar-refractivity contribution in [2.45, 2.75) is 394 Å². The summed E-state index contributed by atoms with van der Waals surface area (Å²) in [6.45, 7) is 12.4. The van der Waals surface area contributed by atoms with Crippen LogP contribution in [-0.2, 0) is 76.0 Å². The van der Waals surface area contributed by atoms with Gasteiger partial charge < -0.3 is 102 Å². The second-order valence-electron chi connectivity index (χ2n) is 28.9. The number of unbranched alkanes of at least 4 members (excludes halogenated alkanes) is 14. The van der Waals surface area contributed by atoms with Gasteiger partial charge in [-0.25, -0.2) is 4.79 Å². The lowest BCUT2D eigenvalue weighted by Crippen LogP contribution is -2.68. The fourth-order valence-corrected chi connectivity index (χ4v) is 14.6. The molecule has 100 heavy (non-hydrogen) atoms. The molecule has 6 aliphatic rings. The monoisotopic (exact) mass is 1420 g/mol. The van der Waals surface area contributed by atoms with E-state index in [1.807, 2.05) is 13.0 Å². The predicted molar refractivity (Wildman–Crippen MR) is 369 cm³/mol. The molecule has 7 rings (SSSR count). The van der Waals surface area contributed by atoms with Gasteiger partial charge in [0, 0.05) is 25.5 Å². The molecule has 0 amide bonds. The number of aliphatic hydroxyl groups is 8. The van der Waals surface area contributed by atoms with Gasteiger partial charge in [0.05, 0.1) is 43.2 Å². The topological polar surface area (TPSA) is 333 Å². The van der Waals surface area contributed by atoms with E-state index in [0.29, 0.717) is 31.2 Å². The zero-order valence-corrected chi connectivity index (χ0v) is 60.8. The van der Waals surface area contributed by atoms with Gasteiger partial charge >= 0.3 is 17.9 Å². The Balaban J connectivity index is 1.23. The number of carbonyl (C=O) groups is 3. The van der Waals surface area contributed by atoms with Gasteiger partial charge in [-0.05, 0) is 76.9 Å². The molecule has 0 aromatic heterocycles.